The molecule has 0 amide bonds. The van der Waals surface area contributed by atoms with Crippen molar-refractivity contribution in [2.75, 3.05) is 0 Å². The molecule has 5 nitrogen and oxygen atoms in total. The molecule has 0 bridgehead atoms. The summed E-state index contributed by atoms with van der Waals surface area (Å²) < 4.78 is 1.99. The second kappa shape index (κ2) is 7.17. The van der Waals surface area contributed by atoms with Crippen LogP contribution in [0.15, 0.2) is 67.0 Å². The van der Waals surface area contributed by atoms with Crippen molar-refractivity contribution >= 4 is 16.9 Å². The van der Waals surface area contributed by atoms with Crippen LogP contribution in [0, 0.1) is 0 Å². The minimum atomic E-state index is -0.910. The van der Waals surface area contributed by atoms with Gasteiger partial charge in [-0.15, -0.1) is 0 Å². The summed E-state index contributed by atoms with van der Waals surface area (Å²) in [6, 6.07) is 18.2. The molecule has 29 heavy (non-hydrogen) atoms. The van der Waals surface area contributed by atoms with Crippen molar-refractivity contribution in [2.45, 2.75) is 31.7 Å². The van der Waals surface area contributed by atoms with E-state index in [4.69, 9.17) is 0 Å². The first-order valence-electron chi connectivity index (χ1n) is 9.88. The average molecular weight is 383 g/mol. The molecular formula is C24H21N3O2. The fourth-order valence-electron chi connectivity index (χ4n) is 3.80. The lowest BCUT2D eigenvalue weighted by atomic mass is 10.0. The van der Waals surface area contributed by atoms with Crippen LogP contribution in [0.4, 0.5) is 0 Å². The highest BCUT2D eigenvalue weighted by Gasteiger charge is 2.25. The zero-order valence-corrected chi connectivity index (χ0v) is 16.0. The van der Waals surface area contributed by atoms with Gasteiger partial charge in [-0.05, 0) is 53.6 Å². The van der Waals surface area contributed by atoms with Crippen LogP contribution >= 0.6 is 0 Å². The van der Waals surface area contributed by atoms with E-state index >= 15 is 0 Å². The van der Waals surface area contributed by atoms with E-state index in [9.17, 15) is 9.90 Å². The van der Waals surface area contributed by atoms with Gasteiger partial charge in [-0.1, -0.05) is 36.4 Å². The van der Waals surface area contributed by atoms with Crippen molar-refractivity contribution in [3.05, 3.63) is 94.9 Å². The average Bonchev–Trinajstić information content (AvgIpc) is 3.51. The van der Waals surface area contributed by atoms with Gasteiger partial charge in [0.25, 0.3) is 0 Å². The van der Waals surface area contributed by atoms with Crippen LogP contribution in [0.5, 0.6) is 0 Å². The van der Waals surface area contributed by atoms with Crippen molar-refractivity contribution in [1.29, 1.82) is 0 Å². The molecular weight excluding hydrogens is 362 g/mol. The number of carboxylic acid groups (broad SMARTS) is 1. The maximum Gasteiger partial charge on any atom is 0.337 e. The molecule has 0 unspecified atom stereocenters. The quantitative estimate of drug-likeness (QED) is 0.526. The fourth-order valence-corrected chi connectivity index (χ4v) is 3.80. The summed E-state index contributed by atoms with van der Waals surface area (Å²) in [4.78, 5) is 16.2. The van der Waals surface area contributed by atoms with E-state index in [0.29, 0.717) is 23.6 Å². The molecule has 2 heterocycles. The summed E-state index contributed by atoms with van der Waals surface area (Å²) in [6.45, 7) is 0.719. The number of fused-ring (bicyclic) bond motifs is 1. The Bertz CT molecular complexity index is 1190. The summed E-state index contributed by atoms with van der Waals surface area (Å²) in [5.74, 6) is -0.423. The molecule has 2 aromatic carbocycles. The molecule has 0 radical (unpaired) electrons. The summed E-state index contributed by atoms with van der Waals surface area (Å²) in [5.41, 5.74) is 5.27. The number of rotatable bonds is 6. The normalized spacial score (nSPS) is 13.7. The number of pyridine rings is 1. The smallest absolute Gasteiger partial charge is 0.337 e. The highest BCUT2D eigenvalue weighted by Crippen LogP contribution is 2.40. The molecule has 0 atom stereocenters. The first-order chi connectivity index (χ1) is 14.2. The predicted molar refractivity (Wildman–Crippen MR) is 111 cm³/mol. The van der Waals surface area contributed by atoms with Gasteiger partial charge in [-0.3, -0.25) is 9.67 Å². The van der Waals surface area contributed by atoms with Gasteiger partial charge in [-0.2, -0.15) is 5.10 Å². The fraction of sp³-hybridized carbons (Fsp3) is 0.208. The third-order valence-electron chi connectivity index (χ3n) is 5.52. The Morgan fingerprint density at radius 1 is 1.03 bits per heavy atom. The molecule has 5 heteroatoms. The van der Waals surface area contributed by atoms with Crippen LogP contribution in [-0.2, 0) is 13.0 Å². The molecule has 1 aliphatic carbocycles. The molecule has 5 rings (SSSR count). The number of benzene rings is 2. The Balaban J connectivity index is 1.42. The molecule has 0 aliphatic heterocycles. The zero-order valence-electron chi connectivity index (χ0n) is 16.0. The molecule has 0 saturated heterocycles. The van der Waals surface area contributed by atoms with Gasteiger partial charge in [0.15, 0.2) is 0 Å². The maximum absolute atomic E-state index is 11.7. The largest absolute Gasteiger partial charge is 0.478 e. The van der Waals surface area contributed by atoms with Crippen LogP contribution in [0.25, 0.3) is 10.9 Å². The van der Waals surface area contributed by atoms with E-state index in [1.165, 1.54) is 5.56 Å². The van der Waals surface area contributed by atoms with Gasteiger partial charge >= 0.3 is 5.97 Å². The lowest BCUT2D eigenvalue weighted by molar-refractivity contribution is 0.0695. The molecule has 1 aliphatic rings. The Morgan fingerprint density at radius 3 is 2.62 bits per heavy atom. The van der Waals surface area contributed by atoms with Gasteiger partial charge < -0.3 is 5.11 Å². The second-order valence-electron chi connectivity index (χ2n) is 7.70. The predicted octanol–water partition coefficient (Wildman–Crippen LogP) is 4.65. The molecule has 4 aromatic rings. The monoisotopic (exact) mass is 383 g/mol. The number of carboxylic acids is 1. The molecule has 144 valence electrons. The number of hydrogen-bond donors (Lipinski definition) is 1. The first-order valence-corrected chi connectivity index (χ1v) is 9.88. The highest BCUT2D eigenvalue weighted by atomic mass is 16.4. The number of aromatic carboxylic acids is 1. The van der Waals surface area contributed by atoms with Crippen molar-refractivity contribution < 1.29 is 9.90 Å². The van der Waals surface area contributed by atoms with Gasteiger partial charge in [-0.25, -0.2) is 4.79 Å². The van der Waals surface area contributed by atoms with Gasteiger partial charge in [0.2, 0.25) is 0 Å². The van der Waals surface area contributed by atoms with Gasteiger partial charge in [0.05, 0.1) is 29.5 Å². The number of carbonyl (C=O) groups is 1. The van der Waals surface area contributed by atoms with E-state index in [0.717, 1.165) is 41.4 Å². The van der Waals surface area contributed by atoms with E-state index in [2.05, 4.69) is 34.3 Å². The van der Waals surface area contributed by atoms with Crippen LogP contribution in [0.1, 0.15) is 51.5 Å². The number of hydrogen-bond acceptors (Lipinski definition) is 3. The summed E-state index contributed by atoms with van der Waals surface area (Å²) in [6.07, 6.45) is 6.46. The Hall–Kier alpha value is -3.47. The van der Waals surface area contributed by atoms with Crippen LogP contribution in [0.2, 0.25) is 0 Å². The van der Waals surface area contributed by atoms with Crippen LogP contribution in [0.3, 0.4) is 0 Å². The van der Waals surface area contributed by atoms with Crippen molar-refractivity contribution in [2.24, 2.45) is 0 Å². The lowest BCUT2D eigenvalue weighted by Gasteiger charge is -2.09. The van der Waals surface area contributed by atoms with Crippen LogP contribution < -0.4 is 0 Å². The molecule has 0 spiro atoms. The van der Waals surface area contributed by atoms with Gasteiger partial charge in [0.1, 0.15) is 0 Å². The Kier molecular flexibility index (Phi) is 4.35. The Labute approximate surface area is 168 Å². The minimum absolute atomic E-state index is 0.314. The highest BCUT2D eigenvalue weighted by molar-refractivity contribution is 5.89. The molecule has 1 saturated carbocycles. The van der Waals surface area contributed by atoms with Crippen molar-refractivity contribution in [3.8, 4) is 0 Å². The van der Waals surface area contributed by atoms with E-state index in [1.807, 2.05) is 41.3 Å². The second-order valence-corrected chi connectivity index (χ2v) is 7.70. The third-order valence-corrected chi connectivity index (χ3v) is 5.52. The lowest BCUT2D eigenvalue weighted by Crippen LogP contribution is -2.07. The molecule has 1 fully saturated rings. The minimum Gasteiger partial charge on any atom is -0.478 e. The van der Waals surface area contributed by atoms with Crippen LogP contribution in [-0.4, -0.2) is 25.8 Å². The van der Waals surface area contributed by atoms with Crippen molar-refractivity contribution in [1.82, 2.24) is 14.8 Å². The van der Waals surface area contributed by atoms with E-state index in [1.54, 1.807) is 6.07 Å². The summed E-state index contributed by atoms with van der Waals surface area (Å²) in [5, 5.41) is 15.2. The topological polar surface area (TPSA) is 68.0 Å². The van der Waals surface area contributed by atoms with Crippen molar-refractivity contribution in [3.63, 3.8) is 0 Å². The van der Waals surface area contributed by atoms with E-state index in [-0.39, 0.29) is 0 Å². The first kappa shape index (κ1) is 17.6. The third kappa shape index (κ3) is 3.63. The summed E-state index contributed by atoms with van der Waals surface area (Å²) >= 11 is 0. The maximum atomic E-state index is 11.7. The van der Waals surface area contributed by atoms with E-state index < -0.39 is 5.97 Å². The molecule has 2 aromatic heterocycles. The Morgan fingerprint density at radius 2 is 1.86 bits per heavy atom. The standard InChI is InChI=1S/C24H21N3O2/c28-24(29)21-12-19(18-7-8-18)13-25-22(21)11-17-6-9-23-20(10-17)14-26-27(23)15-16-4-2-1-3-5-16/h1-6,9-10,12-14,18H,7-8,11,15H2,(H,28,29). The van der Waals surface area contributed by atoms with Gasteiger partial charge in [0, 0.05) is 18.0 Å². The number of nitrogens with zero attached hydrogens (tertiary/aromatic N) is 3. The SMILES string of the molecule is O=C(O)c1cc(C2CC2)cnc1Cc1ccc2c(cnn2Cc2ccccc2)c1. The summed E-state index contributed by atoms with van der Waals surface area (Å²) in [7, 11) is 0. The zero-order chi connectivity index (χ0) is 19.8. The molecule has 1 N–H and O–H groups in total. The number of aromatic nitrogens is 3.